The molecular weight excluding hydrogens is 129 g/mol. The molecule has 2 heteroatoms. The summed E-state index contributed by atoms with van der Waals surface area (Å²) in [4.78, 5) is 0. The van der Waals surface area contributed by atoms with Crippen molar-refractivity contribution in [2.24, 2.45) is 0 Å². The minimum absolute atomic E-state index is 0. The predicted molar refractivity (Wildman–Crippen MR) is 47.0 cm³/mol. The molecule has 0 saturated heterocycles. The maximum absolute atomic E-state index is 3.87. The second-order valence-corrected chi connectivity index (χ2v) is 2.70. The Bertz CT molecular complexity index is 62.6. The molecule has 1 unspecified atom stereocenters. The van der Waals surface area contributed by atoms with Gasteiger partial charge in [-0.15, -0.1) is 0 Å². The number of nitrogens with one attached hydrogen (secondary N) is 1. The first kappa shape index (κ1) is 14.1. The number of rotatable bonds is 6. The first-order chi connectivity index (χ1) is 4.85. The van der Waals surface area contributed by atoms with Crippen molar-refractivity contribution in [1.82, 2.24) is 5.32 Å². The summed E-state index contributed by atoms with van der Waals surface area (Å²) < 4.78 is 0. The van der Waals surface area contributed by atoms with Gasteiger partial charge in [-0.25, -0.2) is 0 Å². The fraction of sp³-hybridized carbons (Fsp3) is 0.889. The van der Waals surface area contributed by atoms with E-state index in [0.717, 1.165) is 13.0 Å². The first-order valence-corrected chi connectivity index (χ1v) is 4.37. The molecule has 0 aliphatic rings. The maximum Gasteiger partial charge on any atom is 1.00 e. The van der Waals surface area contributed by atoms with Crippen LogP contribution < -0.4 is 24.2 Å². The van der Waals surface area contributed by atoms with Crippen LogP contribution in [0.3, 0.4) is 0 Å². The Balaban J connectivity index is 0. The zero-order valence-corrected chi connectivity index (χ0v) is 8.32. The van der Waals surface area contributed by atoms with Crippen LogP contribution in [0.25, 0.3) is 0 Å². The van der Waals surface area contributed by atoms with Gasteiger partial charge < -0.3 is 12.2 Å². The van der Waals surface area contributed by atoms with Gasteiger partial charge in [0.1, 0.15) is 0 Å². The number of unbranched alkanes of at least 4 members (excludes halogenated alkanes) is 1. The second-order valence-electron chi connectivity index (χ2n) is 2.70. The van der Waals surface area contributed by atoms with Gasteiger partial charge in [-0.1, -0.05) is 20.3 Å². The van der Waals surface area contributed by atoms with Crippen LogP contribution >= 0.6 is 0 Å². The van der Waals surface area contributed by atoms with Crippen LogP contribution in [0.5, 0.6) is 0 Å². The Morgan fingerprint density at radius 3 is 2.36 bits per heavy atom. The van der Waals surface area contributed by atoms with Gasteiger partial charge in [0.25, 0.3) is 0 Å². The fourth-order valence-electron chi connectivity index (χ4n) is 0.933. The van der Waals surface area contributed by atoms with Gasteiger partial charge in [0.15, 0.2) is 0 Å². The van der Waals surface area contributed by atoms with Crippen molar-refractivity contribution < 1.29 is 18.9 Å². The Hall–Kier alpha value is 0.557. The third kappa shape index (κ3) is 8.46. The minimum Gasteiger partial charge on any atom is -0.342 e. The van der Waals surface area contributed by atoms with Crippen LogP contribution in [-0.4, -0.2) is 12.6 Å². The summed E-state index contributed by atoms with van der Waals surface area (Å²) in [7, 11) is 0. The number of hydrogen-bond acceptors (Lipinski definition) is 1. The van der Waals surface area contributed by atoms with Gasteiger partial charge in [-0.2, -0.15) is 6.42 Å². The zero-order chi connectivity index (χ0) is 7.82. The van der Waals surface area contributed by atoms with Gasteiger partial charge >= 0.3 is 18.9 Å². The van der Waals surface area contributed by atoms with Crippen molar-refractivity contribution in [2.45, 2.75) is 45.6 Å². The molecule has 0 saturated carbocycles. The van der Waals surface area contributed by atoms with E-state index in [-0.39, 0.29) is 18.9 Å². The van der Waals surface area contributed by atoms with Crippen LogP contribution in [0.15, 0.2) is 0 Å². The first-order valence-electron chi connectivity index (χ1n) is 4.37. The molecule has 11 heavy (non-hydrogen) atoms. The topological polar surface area (TPSA) is 12.0 Å². The molecule has 0 heterocycles. The van der Waals surface area contributed by atoms with Crippen LogP contribution in [0.1, 0.15) is 39.5 Å². The standard InChI is InChI=1S/C9H20N.Li/c1-4-7-8-10-9(5-2)6-3;/h9-10H,2,4-8H2,1,3H3;/q-1;+1. The van der Waals surface area contributed by atoms with Crippen LogP contribution in [-0.2, 0) is 0 Å². The number of hydrogen-bond donors (Lipinski definition) is 1. The molecule has 1 N–H and O–H groups in total. The van der Waals surface area contributed by atoms with Gasteiger partial charge in [-0.05, 0) is 25.4 Å². The van der Waals surface area contributed by atoms with E-state index < -0.39 is 0 Å². The summed E-state index contributed by atoms with van der Waals surface area (Å²) >= 11 is 0. The smallest absolute Gasteiger partial charge is 0.342 e. The maximum atomic E-state index is 3.87. The molecule has 0 aromatic rings. The van der Waals surface area contributed by atoms with Crippen LogP contribution in [0, 0.1) is 6.92 Å². The van der Waals surface area contributed by atoms with E-state index in [2.05, 4.69) is 26.1 Å². The molecular formula is C9H20LiN. The van der Waals surface area contributed by atoms with E-state index >= 15 is 0 Å². The Labute approximate surface area is 83.5 Å². The molecule has 0 radical (unpaired) electrons. The zero-order valence-electron chi connectivity index (χ0n) is 8.32. The van der Waals surface area contributed by atoms with Gasteiger partial charge in [0.2, 0.25) is 0 Å². The van der Waals surface area contributed by atoms with Crippen molar-refractivity contribution in [3.63, 3.8) is 0 Å². The van der Waals surface area contributed by atoms with Crippen molar-refractivity contribution >= 4 is 0 Å². The molecule has 0 bridgehead atoms. The van der Waals surface area contributed by atoms with E-state index in [1.54, 1.807) is 0 Å². The summed E-state index contributed by atoms with van der Waals surface area (Å²) in [5.41, 5.74) is 0. The molecule has 0 aromatic heterocycles. The van der Waals surface area contributed by atoms with Crippen molar-refractivity contribution in [2.75, 3.05) is 6.54 Å². The van der Waals surface area contributed by atoms with E-state index in [1.807, 2.05) is 0 Å². The summed E-state index contributed by atoms with van der Waals surface area (Å²) in [6, 6.07) is 0.645. The van der Waals surface area contributed by atoms with Crippen LogP contribution in [0.2, 0.25) is 0 Å². The predicted octanol–water partition coefficient (Wildman–Crippen LogP) is -0.617. The molecule has 0 amide bonds. The molecule has 1 atom stereocenters. The molecule has 0 aromatic carbocycles. The Kier molecular flexibility index (Phi) is 13.5. The SMILES string of the molecule is [CH2-]CC(CC)NCCCC.[Li+]. The van der Waals surface area contributed by atoms with E-state index in [9.17, 15) is 0 Å². The van der Waals surface area contributed by atoms with Crippen LogP contribution in [0.4, 0.5) is 0 Å². The normalized spacial score (nSPS) is 12.3. The molecule has 0 aliphatic carbocycles. The van der Waals surface area contributed by atoms with Gasteiger partial charge in [0, 0.05) is 0 Å². The third-order valence-corrected chi connectivity index (χ3v) is 1.80. The quantitative estimate of drug-likeness (QED) is 0.301. The monoisotopic (exact) mass is 149 g/mol. The van der Waals surface area contributed by atoms with E-state index in [0.29, 0.717) is 6.04 Å². The third-order valence-electron chi connectivity index (χ3n) is 1.80. The minimum atomic E-state index is 0. The van der Waals surface area contributed by atoms with Gasteiger partial charge in [-0.3, -0.25) is 0 Å². The molecule has 0 fully saturated rings. The summed E-state index contributed by atoms with van der Waals surface area (Å²) in [5.74, 6) is 0. The average Bonchev–Trinajstić information content (AvgIpc) is 1.99. The van der Waals surface area contributed by atoms with Crippen molar-refractivity contribution in [3.8, 4) is 0 Å². The Morgan fingerprint density at radius 1 is 1.36 bits per heavy atom. The molecule has 1 nitrogen and oxygen atoms in total. The molecule has 0 aliphatic heterocycles. The van der Waals surface area contributed by atoms with E-state index in [1.165, 1.54) is 19.3 Å². The largest absolute Gasteiger partial charge is 1.00 e. The summed E-state index contributed by atoms with van der Waals surface area (Å²) in [6.45, 7) is 9.45. The van der Waals surface area contributed by atoms with E-state index in [4.69, 9.17) is 0 Å². The van der Waals surface area contributed by atoms with Gasteiger partial charge in [0.05, 0.1) is 0 Å². The molecule has 62 valence electrons. The Morgan fingerprint density at radius 2 is 2.00 bits per heavy atom. The average molecular weight is 149 g/mol. The van der Waals surface area contributed by atoms with Crippen molar-refractivity contribution in [1.29, 1.82) is 0 Å². The fourth-order valence-corrected chi connectivity index (χ4v) is 0.933. The molecule has 0 spiro atoms. The molecule has 0 rings (SSSR count). The second kappa shape index (κ2) is 10.6. The van der Waals surface area contributed by atoms with Crippen molar-refractivity contribution in [3.05, 3.63) is 6.92 Å². The summed E-state index contributed by atoms with van der Waals surface area (Å²) in [6.07, 6.45) is 4.78. The summed E-state index contributed by atoms with van der Waals surface area (Å²) in [5, 5.41) is 3.46.